The fraction of sp³-hybridized carbons (Fsp3) is 0.214. The minimum atomic E-state index is 0.0136. The van der Waals surface area contributed by atoms with Gasteiger partial charge < -0.3 is 10.3 Å². The van der Waals surface area contributed by atoms with Crippen molar-refractivity contribution in [2.45, 2.75) is 19.4 Å². The topological polar surface area (TPSA) is 77.8 Å². The molecule has 5 nitrogen and oxygen atoms in total. The molecular weight excluding hydrogens is 240 g/mol. The van der Waals surface area contributed by atoms with Crippen molar-refractivity contribution in [3.63, 3.8) is 0 Å². The van der Waals surface area contributed by atoms with Crippen LogP contribution in [0.3, 0.4) is 0 Å². The Kier molecular flexibility index (Phi) is 2.97. The van der Waals surface area contributed by atoms with Gasteiger partial charge in [0.25, 0.3) is 5.89 Å². The summed E-state index contributed by atoms with van der Waals surface area (Å²) in [5.74, 6) is 1.14. The van der Waals surface area contributed by atoms with Gasteiger partial charge >= 0.3 is 0 Å². The van der Waals surface area contributed by atoms with Gasteiger partial charge in [-0.05, 0) is 25.1 Å². The van der Waals surface area contributed by atoms with Crippen molar-refractivity contribution in [1.82, 2.24) is 15.1 Å². The summed E-state index contributed by atoms with van der Waals surface area (Å²) in [5.41, 5.74) is 7.54. The van der Waals surface area contributed by atoms with E-state index in [1.807, 2.05) is 37.3 Å². The minimum Gasteiger partial charge on any atom is -0.334 e. The molecule has 19 heavy (non-hydrogen) atoms. The molecule has 0 bridgehead atoms. The van der Waals surface area contributed by atoms with Gasteiger partial charge in [-0.2, -0.15) is 4.98 Å². The van der Waals surface area contributed by atoms with Crippen LogP contribution in [0.2, 0.25) is 0 Å². The maximum absolute atomic E-state index is 5.73. The molecule has 0 aliphatic carbocycles. The van der Waals surface area contributed by atoms with E-state index in [0.717, 1.165) is 16.5 Å². The van der Waals surface area contributed by atoms with Crippen molar-refractivity contribution in [2.24, 2.45) is 5.73 Å². The lowest BCUT2D eigenvalue weighted by Crippen LogP contribution is -2.18. The summed E-state index contributed by atoms with van der Waals surface area (Å²) in [7, 11) is 0. The highest BCUT2D eigenvalue weighted by atomic mass is 16.5. The molecule has 0 radical (unpaired) electrons. The SMILES string of the molecule is CC(N)Cc1noc(-c2cccc3ncccc23)n1. The predicted octanol–water partition coefficient (Wildman–Crippen LogP) is 2.17. The van der Waals surface area contributed by atoms with E-state index in [-0.39, 0.29) is 6.04 Å². The lowest BCUT2D eigenvalue weighted by Gasteiger charge is -2.00. The standard InChI is InChI=1S/C14H14N4O/c1-9(15)8-13-17-14(19-18-13)11-4-2-6-12-10(11)5-3-7-16-12/h2-7,9H,8,15H2,1H3. The van der Waals surface area contributed by atoms with E-state index in [9.17, 15) is 0 Å². The van der Waals surface area contributed by atoms with Crippen LogP contribution < -0.4 is 5.73 Å². The molecule has 1 atom stereocenters. The van der Waals surface area contributed by atoms with E-state index in [4.69, 9.17) is 10.3 Å². The number of pyridine rings is 1. The number of benzene rings is 1. The Bertz CT molecular complexity index is 700. The Hall–Kier alpha value is -2.27. The molecular formula is C14H14N4O. The Balaban J connectivity index is 2.06. The second-order valence-corrected chi connectivity index (χ2v) is 4.57. The van der Waals surface area contributed by atoms with E-state index in [1.165, 1.54) is 0 Å². The van der Waals surface area contributed by atoms with Gasteiger partial charge in [0, 0.05) is 29.6 Å². The number of rotatable bonds is 3. The molecule has 1 unspecified atom stereocenters. The summed E-state index contributed by atoms with van der Waals surface area (Å²) >= 11 is 0. The summed E-state index contributed by atoms with van der Waals surface area (Å²) in [6, 6.07) is 9.74. The predicted molar refractivity (Wildman–Crippen MR) is 72.4 cm³/mol. The largest absolute Gasteiger partial charge is 0.334 e. The molecule has 0 saturated carbocycles. The lowest BCUT2D eigenvalue weighted by molar-refractivity contribution is 0.421. The van der Waals surface area contributed by atoms with Gasteiger partial charge in [0.2, 0.25) is 0 Å². The number of aromatic nitrogens is 3. The molecule has 0 spiro atoms. The van der Waals surface area contributed by atoms with Crippen molar-refractivity contribution >= 4 is 10.9 Å². The van der Waals surface area contributed by atoms with Gasteiger partial charge in [-0.25, -0.2) is 0 Å². The summed E-state index contributed by atoms with van der Waals surface area (Å²) < 4.78 is 5.32. The molecule has 3 aromatic rings. The van der Waals surface area contributed by atoms with Crippen LogP contribution in [0.4, 0.5) is 0 Å². The second kappa shape index (κ2) is 4.78. The molecule has 0 fully saturated rings. The Morgan fingerprint density at radius 1 is 1.26 bits per heavy atom. The molecule has 0 aliphatic rings. The molecule has 2 aromatic heterocycles. The summed E-state index contributed by atoms with van der Waals surface area (Å²) in [4.78, 5) is 8.70. The van der Waals surface area contributed by atoms with Crippen molar-refractivity contribution in [1.29, 1.82) is 0 Å². The number of nitrogens with zero attached hydrogens (tertiary/aromatic N) is 3. The number of fused-ring (bicyclic) bond motifs is 1. The average Bonchev–Trinajstić information content (AvgIpc) is 2.85. The van der Waals surface area contributed by atoms with Crippen LogP contribution in [0.1, 0.15) is 12.7 Å². The average molecular weight is 254 g/mol. The zero-order valence-corrected chi connectivity index (χ0v) is 10.6. The van der Waals surface area contributed by atoms with E-state index in [2.05, 4.69) is 15.1 Å². The van der Waals surface area contributed by atoms with Crippen molar-refractivity contribution in [3.8, 4) is 11.5 Å². The van der Waals surface area contributed by atoms with Crippen LogP contribution in [-0.4, -0.2) is 21.2 Å². The molecule has 0 saturated heterocycles. The van der Waals surface area contributed by atoms with Gasteiger partial charge in [0.05, 0.1) is 5.52 Å². The number of hydrogen-bond acceptors (Lipinski definition) is 5. The summed E-state index contributed by atoms with van der Waals surface area (Å²) in [5, 5.41) is 4.95. The molecule has 1 aromatic carbocycles. The Morgan fingerprint density at radius 2 is 2.16 bits per heavy atom. The van der Waals surface area contributed by atoms with Crippen LogP contribution in [0, 0.1) is 0 Å². The van der Waals surface area contributed by atoms with Crippen LogP contribution in [-0.2, 0) is 6.42 Å². The second-order valence-electron chi connectivity index (χ2n) is 4.57. The molecule has 3 rings (SSSR count). The first-order valence-electron chi connectivity index (χ1n) is 6.16. The fourth-order valence-electron chi connectivity index (χ4n) is 2.02. The molecule has 5 heteroatoms. The normalized spacial score (nSPS) is 12.7. The quantitative estimate of drug-likeness (QED) is 0.775. The van der Waals surface area contributed by atoms with E-state index in [0.29, 0.717) is 18.1 Å². The third-order valence-electron chi connectivity index (χ3n) is 2.85. The third-order valence-corrected chi connectivity index (χ3v) is 2.85. The highest BCUT2D eigenvalue weighted by Crippen LogP contribution is 2.26. The van der Waals surface area contributed by atoms with Gasteiger partial charge in [0.1, 0.15) is 0 Å². The molecule has 2 heterocycles. The maximum Gasteiger partial charge on any atom is 0.258 e. The first kappa shape index (κ1) is 11.8. The molecule has 0 amide bonds. The zero-order chi connectivity index (χ0) is 13.2. The van der Waals surface area contributed by atoms with Crippen molar-refractivity contribution < 1.29 is 4.52 Å². The van der Waals surface area contributed by atoms with Crippen molar-refractivity contribution in [3.05, 3.63) is 42.4 Å². The fourth-order valence-corrected chi connectivity index (χ4v) is 2.02. The maximum atomic E-state index is 5.73. The lowest BCUT2D eigenvalue weighted by atomic mass is 10.1. The summed E-state index contributed by atoms with van der Waals surface area (Å²) in [6.45, 7) is 1.91. The van der Waals surface area contributed by atoms with Crippen LogP contribution in [0.5, 0.6) is 0 Å². The van der Waals surface area contributed by atoms with Gasteiger partial charge in [-0.15, -0.1) is 0 Å². The van der Waals surface area contributed by atoms with E-state index in [1.54, 1.807) is 6.20 Å². The number of nitrogens with two attached hydrogens (primary N) is 1. The van der Waals surface area contributed by atoms with Crippen molar-refractivity contribution in [2.75, 3.05) is 0 Å². The smallest absolute Gasteiger partial charge is 0.258 e. The van der Waals surface area contributed by atoms with Gasteiger partial charge in [0.15, 0.2) is 5.82 Å². The zero-order valence-electron chi connectivity index (χ0n) is 10.6. The third kappa shape index (κ3) is 2.32. The van der Waals surface area contributed by atoms with Crippen LogP contribution >= 0.6 is 0 Å². The number of hydrogen-bond donors (Lipinski definition) is 1. The highest BCUT2D eigenvalue weighted by molar-refractivity contribution is 5.92. The molecule has 96 valence electrons. The van der Waals surface area contributed by atoms with E-state index < -0.39 is 0 Å². The van der Waals surface area contributed by atoms with Crippen LogP contribution in [0.25, 0.3) is 22.4 Å². The first-order valence-corrected chi connectivity index (χ1v) is 6.16. The van der Waals surface area contributed by atoms with Gasteiger partial charge in [-0.3, -0.25) is 4.98 Å². The monoisotopic (exact) mass is 254 g/mol. The van der Waals surface area contributed by atoms with E-state index >= 15 is 0 Å². The highest BCUT2D eigenvalue weighted by Gasteiger charge is 2.12. The minimum absolute atomic E-state index is 0.0136. The van der Waals surface area contributed by atoms with Gasteiger partial charge in [-0.1, -0.05) is 17.3 Å². The van der Waals surface area contributed by atoms with Crippen LogP contribution in [0.15, 0.2) is 41.1 Å². The Morgan fingerprint density at radius 3 is 3.00 bits per heavy atom. The first-order chi connectivity index (χ1) is 9.24. The summed E-state index contributed by atoms with van der Waals surface area (Å²) in [6.07, 6.45) is 2.37. The molecule has 2 N–H and O–H groups in total. The Labute approximate surface area is 110 Å². The molecule has 0 aliphatic heterocycles.